The van der Waals surface area contributed by atoms with Crippen molar-refractivity contribution in [3.05, 3.63) is 82.0 Å². The van der Waals surface area contributed by atoms with E-state index < -0.39 is 39.0 Å². The van der Waals surface area contributed by atoms with E-state index in [1.165, 1.54) is 18.2 Å². The number of carbonyl (C=O) groups is 3. The highest BCUT2D eigenvalue weighted by Gasteiger charge is 2.33. The van der Waals surface area contributed by atoms with E-state index in [1.807, 2.05) is 6.92 Å². The lowest BCUT2D eigenvalue weighted by Crippen LogP contribution is -2.43. The number of halogens is 1. The van der Waals surface area contributed by atoms with Gasteiger partial charge in [-0.1, -0.05) is 29.8 Å². The molecule has 0 saturated carbocycles. The van der Waals surface area contributed by atoms with Gasteiger partial charge in [-0.2, -0.15) is 0 Å². The van der Waals surface area contributed by atoms with E-state index in [0.29, 0.717) is 11.1 Å². The van der Waals surface area contributed by atoms with E-state index in [2.05, 4.69) is 0 Å². The third-order valence-electron chi connectivity index (χ3n) is 5.09. The minimum atomic E-state index is -3.74. The monoisotopic (exact) mass is 471 g/mol. The van der Waals surface area contributed by atoms with Crippen molar-refractivity contribution in [2.75, 3.05) is 10.7 Å². The Labute approximate surface area is 188 Å². The first-order chi connectivity index (χ1) is 15.2. The number of benzene rings is 2. The summed E-state index contributed by atoms with van der Waals surface area (Å²) in [4.78, 5) is 38.5. The molecule has 4 rings (SSSR count). The van der Waals surface area contributed by atoms with E-state index in [1.54, 1.807) is 29.6 Å². The van der Waals surface area contributed by atoms with Crippen LogP contribution in [0.1, 0.15) is 27.0 Å². The molecule has 2 aromatic carbocycles. The van der Waals surface area contributed by atoms with Crippen LogP contribution in [-0.2, 0) is 32.3 Å². The fraction of sp³-hybridized carbons (Fsp3) is 0.174. The number of amides is 2. The lowest BCUT2D eigenvalue weighted by molar-refractivity contribution is -0.118. The van der Waals surface area contributed by atoms with Gasteiger partial charge in [0.05, 0.1) is 12.1 Å². The van der Waals surface area contributed by atoms with Gasteiger partial charge >= 0.3 is 0 Å². The Kier molecular flexibility index (Phi) is 5.79. The van der Waals surface area contributed by atoms with Gasteiger partial charge in [-0.15, -0.1) is 11.3 Å². The molecule has 0 spiro atoms. The Morgan fingerprint density at radius 3 is 2.59 bits per heavy atom. The van der Waals surface area contributed by atoms with Crippen LogP contribution in [0.2, 0.25) is 0 Å². The Morgan fingerprint density at radius 1 is 1.12 bits per heavy atom. The quantitative estimate of drug-likeness (QED) is 0.514. The fourth-order valence-electron chi connectivity index (χ4n) is 3.64. The van der Waals surface area contributed by atoms with Gasteiger partial charge in [0, 0.05) is 12.0 Å². The Hall–Kier alpha value is -3.17. The minimum absolute atomic E-state index is 0.0248. The maximum absolute atomic E-state index is 14.9. The molecule has 0 aliphatic carbocycles. The van der Waals surface area contributed by atoms with E-state index in [9.17, 15) is 27.2 Å². The van der Waals surface area contributed by atoms with Crippen LogP contribution in [0.15, 0.2) is 58.1 Å². The van der Waals surface area contributed by atoms with Crippen LogP contribution in [0.3, 0.4) is 0 Å². The number of fused-ring (bicyclic) bond motifs is 1. The first-order valence-electron chi connectivity index (χ1n) is 9.69. The molecule has 0 fully saturated rings. The minimum Gasteiger partial charge on any atom is -0.298 e. The summed E-state index contributed by atoms with van der Waals surface area (Å²) in [6.45, 7) is 1.85. The van der Waals surface area contributed by atoms with E-state index in [-0.39, 0.29) is 28.3 Å². The number of nitrogens with zero attached hydrogens (tertiary/aromatic N) is 1. The molecule has 0 saturated heterocycles. The highest BCUT2D eigenvalue weighted by Crippen LogP contribution is 2.29. The first-order valence-corrected chi connectivity index (χ1v) is 12.2. The van der Waals surface area contributed by atoms with E-state index in [0.717, 1.165) is 27.9 Å². The summed E-state index contributed by atoms with van der Waals surface area (Å²) in [5.41, 5.74) is 1.91. The van der Waals surface area contributed by atoms with Crippen molar-refractivity contribution in [2.24, 2.45) is 0 Å². The molecule has 9 heteroatoms. The first kappa shape index (κ1) is 22.0. The van der Waals surface area contributed by atoms with Crippen LogP contribution in [0, 0.1) is 12.7 Å². The Bertz CT molecular complexity index is 1350. The van der Waals surface area contributed by atoms with Gasteiger partial charge in [0.15, 0.2) is 15.6 Å². The number of Topliss-reactive ketones (excluding diaryl/α,β-unsaturated/α-hetero) is 1. The number of sulfone groups is 1. The van der Waals surface area contributed by atoms with Gasteiger partial charge in [0.25, 0.3) is 5.91 Å². The maximum atomic E-state index is 14.9. The van der Waals surface area contributed by atoms with Gasteiger partial charge in [-0.05, 0) is 47.7 Å². The van der Waals surface area contributed by atoms with E-state index in [4.69, 9.17) is 0 Å². The zero-order valence-corrected chi connectivity index (χ0v) is 18.6. The van der Waals surface area contributed by atoms with Crippen molar-refractivity contribution in [1.29, 1.82) is 0 Å². The molecule has 2 heterocycles. The summed E-state index contributed by atoms with van der Waals surface area (Å²) < 4.78 is 39.5. The second kappa shape index (κ2) is 8.40. The average molecular weight is 472 g/mol. The zero-order valence-electron chi connectivity index (χ0n) is 17.0. The summed E-state index contributed by atoms with van der Waals surface area (Å²) in [7, 11) is -3.74. The average Bonchev–Trinajstić information content (AvgIpc) is 3.24. The summed E-state index contributed by atoms with van der Waals surface area (Å²) in [6.07, 6.45) is -0.311. The lowest BCUT2D eigenvalue weighted by Gasteiger charge is -2.27. The van der Waals surface area contributed by atoms with Crippen LogP contribution in [-0.4, -0.2) is 31.8 Å². The Balaban J connectivity index is 1.53. The smallest absolute Gasteiger partial charge is 0.265 e. The molecule has 1 aliphatic heterocycles. The van der Waals surface area contributed by atoms with Gasteiger partial charge in [0.1, 0.15) is 15.8 Å². The van der Waals surface area contributed by atoms with Gasteiger partial charge in [0.2, 0.25) is 5.91 Å². The second-order valence-electron chi connectivity index (χ2n) is 7.56. The molecule has 0 N–H and O–H groups in total. The molecule has 3 aromatic rings. The molecular weight excluding hydrogens is 453 g/mol. The van der Waals surface area contributed by atoms with E-state index >= 15 is 0 Å². The highest BCUT2D eigenvalue weighted by molar-refractivity contribution is 7.94. The molecule has 2 amide bonds. The zero-order chi connectivity index (χ0) is 23.0. The number of aryl methyl sites for hydroxylation is 1. The number of ketones is 1. The number of carbonyl (C=O) groups excluding carboxylic acids is 3. The van der Waals surface area contributed by atoms with Gasteiger partial charge < -0.3 is 0 Å². The molecule has 1 aliphatic rings. The van der Waals surface area contributed by atoms with Crippen molar-refractivity contribution in [3.8, 4) is 0 Å². The van der Waals surface area contributed by atoms with Crippen molar-refractivity contribution in [2.45, 2.75) is 24.0 Å². The number of imide groups is 1. The van der Waals surface area contributed by atoms with Crippen molar-refractivity contribution < 1.29 is 27.2 Å². The largest absolute Gasteiger partial charge is 0.298 e. The molecule has 0 bridgehead atoms. The molecular formula is C23H18FNO5S2. The molecule has 32 heavy (non-hydrogen) atoms. The highest BCUT2D eigenvalue weighted by atomic mass is 32.2. The topological polar surface area (TPSA) is 88.6 Å². The summed E-state index contributed by atoms with van der Waals surface area (Å²) in [6, 6.07) is 11.9. The third-order valence-corrected chi connectivity index (χ3v) is 8.26. The number of rotatable bonds is 6. The van der Waals surface area contributed by atoms with Gasteiger partial charge in [-0.25, -0.2) is 17.7 Å². The van der Waals surface area contributed by atoms with Crippen LogP contribution >= 0.6 is 11.3 Å². The second-order valence-corrected chi connectivity index (χ2v) is 10.7. The van der Waals surface area contributed by atoms with Crippen LogP contribution in [0.25, 0.3) is 0 Å². The standard InChI is InChI=1S/C23H18FNO5S2/c1-14-4-6-18-16(9-14)12-21(27)25(23(18)28)20-7-5-15(11-19(20)24)10-17(26)13-32(29,30)22-3-2-8-31-22/h2-9,11H,10,12-13H2,1H3. The van der Waals surface area contributed by atoms with Crippen LogP contribution in [0.4, 0.5) is 10.1 Å². The van der Waals surface area contributed by atoms with Crippen LogP contribution in [0.5, 0.6) is 0 Å². The molecule has 0 unspecified atom stereocenters. The number of thiophene rings is 1. The SMILES string of the molecule is Cc1ccc2c(c1)CC(=O)N(c1ccc(CC(=O)CS(=O)(=O)c3cccs3)cc1F)C2=O. The molecule has 0 radical (unpaired) electrons. The summed E-state index contributed by atoms with van der Waals surface area (Å²) >= 11 is 1.03. The molecule has 0 atom stereocenters. The molecule has 6 nitrogen and oxygen atoms in total. The van der Waals surface area contributed by atoms with Crippen LogP contribution < -0.4 is 4.90 Å². The lowest BCUT2D eigenvalue weighted by atomic mass is 9.96. The summed E-state index contributed by atoms with van der Waals surface area (Å²) in [5.74, 6) is -3.26. The van der Waals surface area contributed by atoms with Gasteiger partial charge in [-0.3, -0.25) is 14.4 Å². The fourth-order valence-corrected chi connectivity index (χ4v) is 5.97. The number of anilines is 1. The molecule has 164 valence electrons. The third kappa shape index (κ3) is 4.26. The normalized spacial score (nSPS) is 13.9. The Morgan fingerprint density at radius 2 is 1.91 bits per heavy atom. The molecule has 1 aromatic heterocycles. The number of hydrogen-bond donors (Lipinski definition) is 0. The predicted molar refractivity (Wildman–Crippen MR) is 118 cm³/mol. The maximum Gasteiger partial charge on any atom is 0.265 e. The number of hydrogen-bond acceptors (Lipinski definition) is 6. The van der Waals surface area contributed by atoms with Crippen molar-refractivity contribution in [3.63, 3.8) is 0 Å². The van der Waals surface area contributed by atoms with Crippen molar-refractivity contribution >= 4 is 44.5 Å². The summed E-state index contributed by atoms with van der Waals surface area (Å²) in [5, 5.41) is 1.61. The predicted octanol–water partition coefficient (Wildman–Crippen LogP) is 3.51. The van der Waals surface area contributed by atoms with Crippen molar-refractivity contribution in [1.82, 2.24) is 0 Å².